The van der Waals surface area contributed by atoms with Crippen LogP contribution >= 0.6 is 22.9 Å². The van der Waals surface area contributed by atoms with Crippen LogP contribution < -0.4 is 5.32 Å². The first-order valence-corrected chi connectivity index (χ1v) is 7.56. The highest BCUT2D eigenvalue weighted by atomic mass is 35.5. The Hall–Kier alpha value is -0.0900. The van der Waals surface area contributed by atoms with Crippen LogP contribution in [-0.2, 0) is 0 Å². The van der Waals surface area contributed by atoms with Crippen LogP contribution in [0.15, 0.2) is 11.4 Å². The summed E-state index contributed by atoms with van der Waals surface area (Å²) in [6.45, 7) is 3.22. The van der Waals surface area contributed by atoms with E-state index in [0.717, 1.165) is 42.5 Å². The highest BCUT2D eigenvalue weighted by Gasteiger charge is 2.19. The minimum Gasteiger partial charge on any atom is -0.393 e. The van der Waals surface area contributed by atoms with Crippen LogP contribution in [0.5, 0.6) is 0 Å². The fourth-order valence-electron chi connectivity index (χ4n) is 2.36. The van der Waals surface area contributed by atoms with E-state index in [1.807, 2.05) is 6.07 Å². The molecule has 0 saturated heterocycles. The van der Waals surface area contributed by atoms with E-state index in [9.17, 15) is 5.11 Å². The first-order chi connectivity index (χ1) is 8.15. The van der Waals surface area contributed by atoms with Gasteiger partial charge in [0.25, 0.3) is 0 Å². The summed E-state index contributed by atoms with van der Waals surface area (Å²) in [4.78, 5) is 0. The lowest BCUT2D eigenvalue weighted by molar-refractivity contribution is 0.108. The second-order valence-electron chi connectivity index (χ2n) is 4.99. The van der Waals surface area contributed by atoms with Crippen LogP contribution in [0, 0.1) is 5.92 Å². The van der Waals surface area contributed by atoms with Gasteiger partial charge in [-0.3, -0.25) is 0 Å². The first-order valence-electron chi connectivity index (χ1n) is 6.30. The molecule has 17 heavy (non-hydrogen) atoms. The van der Waals surface area contributed by atoms with Gasteiger partial charge in [-0.2, -0.15) is 0 Å². The molecule has 2 rings (SSSR count). The average molecular weight is 274 g/mol. The van der Waals surface area contributed by atoms with Gasteiger partial charge in [0.1, 0.15) is 0 Å². The number of aliphatic hydroxyl groups is 1. The number of halogens is 1. The molecule has 96 valence electrons. The van der Waals surface area contributed by atoms with Crippen molar-refractivity contribution in [3.8, 4) is 0 Å². The number of hydrogen-bond donors (Lipinski definition) is 2. The van der Waals surface area contributed by atoms with Crippen LogP contribution in [0.4, 0.5) is 0 Å². The minimum absolute atomic E-state index is 0.0562. The van der Waals surface area contributed by atoms with Crippen molar-refractivity contribution in [3.05, 3.63) is 21.3 Å². The maximum Gasteiger partial charge on any atom is 0.0931 e. The van der Waals surface area contributed by atoms with E-state index < -0.39 is 0 Å². The van der Waals surface area contributed by atoms with Crippen molar-refractivity contribution < 1.29 is 5.11 Å². The highest BCUT2D eigenvalue weighted by Crippen LogP contribution is 2.26. The molecule has 1 heterocycles. The van der Waals surface area contributed by atoms with Crippen LogP contribution in [-0.4, -0.2) is 17.8 Å². The van der Waals surface area contributed by atoms with Crippen LogP contribution in [0.2, 0.25) is 4.34 Å². The molecule has 0 aliphatic heterocycles. The third-order valence-corrected chi connectivity index (χ3v) is 4.73. The zero-order valence-corrected chi connectivity index (χ0v) is 11.7. The molecule has 0 amide bonds. The second-order valence-corrected chi connectivity index (χ2v) is 6.53. The summed E-state index contributed by atoms with van der Waals surface area (Å²) in [5.41, 5.74) is 1.27. The zero-order valence-electron chi connectivity index (χ0n) is 10.2. The first kappa shape index (κ1) is 13.3. The van der Waals surface area contributed by atoms with Crippen LogP contribution in [0.1, 0.15) is 44.2 Å². The van der Waals surface area contributed by atoms with Gasteiger partial charge in [-0.1, -0.05) is 11.6 Å². The highest BCUT2D eigenvalue weighted by molar-refractivity contribution is 7.14. The number of aliphatic hydroxyl groups excluding tert-OH is 1. The van der Waals surface area contributed by atoms with Crippen molar-refractivity contribution in [1.82, 2.24) is 5.32 Å². The molecule has 0 radical (unpaired) electrons. The van der Waals surface area contributed by atoms with Gasteiger partial charge < -0.3 is 10.4 Å². The summed E-state index contributed by atoms with van der Waals surface area (Å²) in [5, 5.41) is 15.1. The quantitative estimate of drug-likeness (QED) is 0.879. The lowest BCUT2D eigenvalue weighted by Gasteiger charge is -2.26. The maximum absolute atomic E-state index is 9.45. The molecule has 1 aromatic heterocycles. The monoisotopic (exact) mass is 273 g/mol. The molecular formula is C13H20ClNOS. The number of nitrogens with one attached hydrogen (secondary N) is 1. The van der Waals surface area contributed by atoms with Crippen molar-refractivity contribution in [2.45, 2.75) is 44.8 Å². The Kier molecular flexibility index (Phi) is 4.86. The lowest BCUT2D eigenvalue weighted by Crippen LogP contribution is -2.29. The molecule has 1 aromatic rings. The Morgan fingerprint density at radius 1 is 1.47 bits per heavy atom. The van der Waals surface area contributed by atoms with Crippen molar-refractivity contribution in [1.29, 1.82) is 0 Å². The summed E-state index contributed by atoms with van der Waals surface area (Å²) in [5.74, 6) is 0.718. The fourth-order valence-corrected chi connectivity index (χ4v) is 3.35. The molecular weight excluding hydrogens is 254 g/mol. The van der Waals surface area contributed by atoms with Crippen molar-refractivity contribution in [2.24, 2.45) is 5.92 Å². The molecule has 1 unspecified atom stereocenters. The third-order valence-electron chi connectivity index (χ3n) is 3.62. The topological polar surface area (TPSA) is 32.3 Å². The molecule has 1 fully saturated rings. The van der Waals surface area contributed by atoms with Crippen molar-refractivity contribution >= 4 is 22.9 Å². The summed E-state index contributed by atoms with van der Waals surface area (Å²) in [7, 11) is 0. The second kappa shape index (κ2) is 6.19. The van der Waals surface area contributed by atoms with Gasteiger partial charge in [0.2, 0.25) is 0 Å². The largest absolute Gasteiger partial charge is 0.393 e. The summed E-state index contributed by atoms with van der Waals surface area (Å²) < 4.78 is 0.856. The van der Waals surface area contributed by atoms with Gasteiger partial charge in [0.05, 0.1) is 10.4 Å². The minimum atomic E-state index is -0.0562. The third kappa shape index (κ3) is 3.95. The Morgan fingerprint density at radius 3 is 2.76 bits per heavy atom. The molecule has 1 saturated carbocycles. The molecule has 1 aliphatic carbocycles. The smallest absolute Gasteiger partial charge is 0.0931 e. The predicted molar refractivity (Wildman–Crippen MR) is 73.7 cm³/mol. The van der Waals surface area contributed by atoms with E-state index in [0.29, 0.717) is 6.04 Å². The molecule has 2 N–H and O–H groups in total. The van der Waals surface area contributed by atoms with Gasteiger partial charge in [-0.05, 0) is 62.1 Å². The molecule has 0 aromatic carbocycles. The van der Waals surface area contributed by atoms with Crippen LogP contribution in [0.3, 0.4) is 0 Å². The van der Waals surface area contributed by atoms with Gasteiger partial charge in [0, 0.05) is 6.04 Å². The Morgan fingerprint density at radius 2 is 2.18 bits per heavy atom. The number of hydrogen-bond acceptors (Lipinski definition) is 3. The Labute approximate surface area is 112 Å². The van der Waals surface area contributed by atoms with Crippen molar-refractivity contribution in [2.75, 3.05) is 6.54 Å². The number of rotatable bonds is 4. The Balaban J connectivity index is 1.74. The summed E-state index contributed by atoms with van der Waals surface area (Å²) in [6, 6.07) is 2.40. The average Bonchev–Trinajstić information content (AvgIpc) is 2.75. The Bertz CT molecular complexity index is 347. The van der Waals surface area contributed by atoms with E-state index in [1.165, 1.54) is 5.56 Å². The van der Waals surface area contributed by atoms with Gasteiger partial charge in [0.15, 0.2) is 0 Å². The lowest BCUT2D eigenvalue weighted by atomic mass is 9.87. The standard InChI is InChI=1S/C13H20ClNOS/c1-9(11-6-13(14)17-8-11)15-7-10-2-4-12(16)5-3-10/h6,8-10,12,15-16H,2-5,7H2,1H3. The molecule has 4 heteroatoms. The van der Waals surface area contributed by atoms with Crippen LogP contribution in [0.25, 0.3) is 0 Å². The molecule has 2 nitrogen and oxygen atoms in total. The van der Waals surface area contributed by atoms with Crippen molar-refractivity contribution in [3.63, 3.8) is 0 Å². The molecule has 0 bridgehead atoms. The molecule has 0 spiro atoms. The summed E-state index contributed by atoms with van der Waals surface area (Å²) >= 11 is 7.52. The predicted octanol–water partition coefficient (Wildman–Crippen LogP) is 3.60. The van der Waals surface area contributed by atoms with Gasteiger partial charge in [-0.25, -0.2) is 0 Å². The SMILES string of the molecule is CC(NCC1CCC(O)CC1)c1csc(Cl)c1. The van der Waals surface area contributed by atoms with Gasteiger partial charge in [-0.15, -0.1) is 11.3 Å². The van der Waals surface area contributed by atoms with E-state index in [2.05, 4.69) is 17.6 Å². The van der Waals surface area contributed by atoms with Gasteiger partial charge >= 0.3 is 0 Å². The van der Waals surface area contributed by atoms with E-state index in [1.54, 1.807) is 11.3 Å². The maximum atomic E-state index is 9.45. The van der Waals surface area contributed by atoms with E-state index in [4.69, 9.17) is 11.6 Å². The molecule has 1 atom stereocenters. The molecule has 1 aliphatic rings. The van der Waals surface area contributed by atoms with E-state index >= 15 is 0 Å². The van der Waals surface area contributed by atoms with E-state index in [-0.39, 0.29) is 6.10 Å². The normalized spacial score (nSPS) is 27.0. The zero-order chi connectivity index (χ0) is 12.3. The fraction of sp³-hybridized carbons (Fsp3) is 0.692. The number of thiophene rings is 1. The summed E-state index contributed by atoms with van der Waals surface area (Å²) in [6.07, 6.45) is 4.16.